The molecular weight excluding hydrogens is 274 g/mol. The van der Waals surface area contributed by atoms with E-state index in [0.29, 0.717) is 0 Å². The van der Waals surface area contributed by atoms with Gasteiger partial charge in [-0.25, -0.2) is 9.97 Å². The second-order valence-corrected chi connectivity index (χ2v) is 4.69. The first-order valence-electron chi connectivity index (χ1n) is 4.32. The lowest BCUT2D eigenvalue weighted by Gasteiger charge is -2.03. The quantitative estimate of drug-likeness (QED) is 0.848. The van der Waals surface area contributed by atoms with E-state index in [1.54, 1.807) is 24.8 Å². The van der Waals surface area contributed by atoms with Crippen molar-refractivity contribution < 1.29 is 0 Å². The number of nitrogens with zero attached hydrogens (tertiary/aromatic N) is 3. The third kappa shape index (κ3) is 2.54. The summed E-state index contributed by atoms with van der Waals surface area (Å²) >= 11 is 5.00. The zero-order valence-corrected chi connectivity index (χ0v) is 10.4. The van der Waals surface area contributed by atoms with Crippen LogP contribution < -0.4 is 0 Å². The molecule has 0 radical (unpaired) electrons. The van der Waals surface area contributed by atoms with Crippen molar-refractivity contribution in [1.82, 2.24) is 15.0 Å². The Morgan fingerprint density at radius 1 is 1.20 bits per heavy atom. The highest BCUT2D eigenvalue weighted by Gasteiger charge is 2.06. The average Bonchev–Trinajstić information content (AvgIpc) is 2.26. The molecule has 0 aliphatic carbocycles. The van der Waals surface area contributed by atoms with Crippen molar-refractivity contribution in [2.75, 3.05) is 0 Å². The van der Waals surface area contributed by atoms with E-state index < -0.39 is 0 Å². The second-order valence-electron chi connectivity index (χ2n) is 2.89. The minimum Gasteiger partial charge on any atom is -0.260 e. The van der Waals surface area contributed by atoms with Gasteiger partial charge < -0.3 is 0 Å². The standard InChI is InChI=1S/C10H8BrN3S/c1-7-2-3-14-10(9(7)11)15-8-6-12-4-5-13-8/h2-6H,1H3. The smallest absolute Gasteiger partial charge is 0.121 e. The Kier molecular flexibility index (Phi) is 3.33. The molecular formula is C10H8BrN3S. The largest absolute Gasteiger partial charge is 0.260 e. The molecule has 5 heteroatoms. The zero-order valence-electron chi connectivity index (χ0n) is 8.01. The van der Waals surface area contributed by atoms with Crippen molar-refractivity contribution in [2.45, 2.75) is 17.0 Å². The molecule has 0 saturated heterocycles. The highest BCUT2D eigenvalue weighted by Crippen LogP contribution is 2.31. The first-order chi connectivity index (χ1) is 7.27. The minimum absolute atomic E-state index is 0.844. The molecule has 2 rings (SSSR count). The van der Waals surface area contributed by atoms with E-state index in [2.05, 4.69) is 30.9 Å². The molecule has 2 aromatic heterocycles. The van der Waals surface area contributed by atoms with E-state index in [0.717, 1.165) is 20.1 Å². The van der Waals surface area contributed by atoms with Crippen molar-refractivity contribution in [3.63, 3.8) is 0 Å². The van der Waals surface area contributed by atoms with Crippen LogP contribution in [0.1, 0.15) is 5.56 Å². The Hall–Kier alpha value is -0.940. The lowest BCUT2D eigenvalue weighted by molar-refractivity contribution is 1.03. The van der Waals surface area contributed by atoms with Crippen molar-refractivity contribution in [1.29, 1.82) is 0 Å². The summed E-state index contributed by atoms with van der Waals surface area (Å²) in [6, 6.07) is 1.96. The second kappa shape index (κ2) is 4.72. The predicted octanol–water partition coefficient (Wildman–Crippen LogP) is 3.09. The van der Waals surface area contributed by atoms with Crippen LogP contribution in [0.4, 0.5) is 0 Å². The van der Waals surface area contributed by atoms with Gasteiger partial charge in [-0.2, -0.15) is 0 Å². The molecule has 76 valence electrons. The van der Waals surface area contributed by atoms with E-state index in [1.165, 1.54) is 11.8 Å². The summed E-state index contributed by atoms with van der Waals surface area (Å²) in [6.07, 6.45) is 6.84. The molecule has 0 bridgehead atoms. The van der Waals surface area contributed by atoms with Crippen LogP contribution in [0.3, 0.4) is 0 Å². The summed E-state index contributed by atoms with van der Waals surface area (Å²) in [4.78, 5) is 12.5. The summed E-state index contributed by atoms with van der Waals surface area (Å²) in [7, 11) is 0. The Balaban J connectivity index is 2.29. The van der Waals surface area contributed by atoms with E-state index in [-0.39, 0.29) is 0 Å². The van der Waals surface area contributed by atoms with Crippen LogP contribution in [-0.2, 0) is 0 Å². The van der Waals surface area contributed by atoms with Crippen LogP contribution >= 0.6 is 27.7 Å². The first-order valence-corrected chi connectivity index (χ1v) is 5.93. The fourth-order valence-electron chi connectivity index (χ4n) is 1.02. The van der Waals surface area contributed by atoms with E-state index in [1.807, 2.05) is 13.0 Å². The molecule has 0 aliphatic rings. The zero-order chi connectivity index (χ0) is 10.7. The molecule has 0 amide bonds. The minimum atomic E-state index is 0.844. The van der Waals surface area contributed by atoms with Gasteiger partial charge in [0.2, 0.25) is 0 Å². The lowest BCUT2D eigenvalue weighted by atomic mass is 10.3. The molecule has 0 unspecified atom stereocenters. The number of hydrogen-bond donors (Lipinski definition) is 0. The number of halogens is 1. The monoisotopic (exact) mass is 281 g/mol. The van der Waals surface area contributed by atoms with Crippen LogP contribution in [0.25, 0.3) is 0 Å². The summed E-state index contributed by atoms with van der Waals surface area (Å²) in [5, 5.41) is 1.76. The molecule has 15 heavy (non-hydrogen) atoms. The number of hydrogen-bond acceptors (Lipinski definition) is 4. The molecule has 2 aromatic rings. The van der Waals surface area contributed by atoms with Crippen molar-refractivity contribution in [3.05, 3.63) is 40.9 Å². The number of rotatable bonds is 2. The average molecular weight is 282 g/mol. The van der Waals surface area contributed by atoms with Crippen LogP contribution in [0, 0.1) is 6.92 Å². The Morgan fingerprint density at radius 3 is 2.80 bits per heavy atom. The molecule has 2 heterocycles. The van der Waals surface area contributed by atoms with Crippen LogP contribution in [0.2, 0.25) is 0 Å². The van der Waals surface area contributed by atoms with E-state index >= 15 is 0 Å². The maximum atomic E-state index is 4.28. The summed E-state index contributed by atoms with van der Waals surface area (Å²) in [5.41, 5.74) is 1.16. The third-order valence-electron chi connectivity index (χ3n) is 1.79. The maximum Gasteiger partial charge on any atom is 0.121 e. The molecule has 0 aromatic carbocycles. The van der Waals surface area contributed by atoms with Gasteiger partial charge >= 0.3 is 0 Å². The summed E-state index contributed by atoms with van der Waals surface area (Å²) in [5.74, 6) is 0. The molecule has 0 N–H and O–H groups in total. The molecule has 0 atom stereocenters. The van der Waals surface area contributed by atoms with Crippen LogP contribution in [0.15, 0.2) is 45.4 Å². The van der Waals surface area contributed by atoms with Gasteiger partial charge in [0.15, 0.2) is 0 Å². The molecule has 3 nitrogen and oxygen atoms in total. The van der Waals surface area contributed by atoms with Gasteiger partial charge in [0.05, 0.1) is 10.7 Å². The van der Waals surface area contributed by atoms with Gasteiger partial charge in [0, 0.05) is 18.6 Å². The fraction of sp³-hybridized carbons (Fsp3) is 0.100. The van der Waals surface area contributed by atoms with Crippen LogP contribution in [0.5, 0.6) is 0 Å². The van der Waals surface area contributed by atoms with Gasteiger partial charge in [0.25, 0.3) is 0 Å². The Bertz CT molecular complexity index is 461. The first kappa shape index (κ1) is 10.6. The van der Waals surface area contributed by atoms with Gasteiger partial charge in [-0.05, 0) is 46.2 Å². The SMILES string of the molecule is Cc1ccnc(Sc2cnccn2)c1Br. The molecule has 0 spiro atoms. The molecule has 0 aliphatic heterocycles. The fourth-order valence-corrected chi connectivity index (χ4v) is 2.29. The Labute approximate surface area is 101 Å². The molecule has 0 saturated carbocycles. The van der Waals surface area contributed by atoms with Gasteiger partial charge in [-0.3, -0.25) is 4.98 Å². The lowest BCUT2D eigenvalue weighted by Crippen LogP contribution is -1.87. The topological polar surface area (TPSA) is 38.7 Å². The van der Waals surface area contributed by atoms with Crippen molar-refractivity contribution >= 4 is 27.7 Å². The highest BCUT2D eigenvalue weighted by atomic mass is 79.9. The summed E-state index contributed by atoms with van der Waals surface area (Å²) < 4.78 is 1.01. The third-order valence-corrected chi connectivity index (χ3v) is 3.98. The maximum absolute atomic E-state index is 4.28. The van der Waals surface area contributed by atoms with E-state index in [4.69, 9.17) is 0 Å². The van der Waals surface area contributed by atoms with Crippen molar-refractivity contribution in [3.8, 4) is 0 Å². The van der Waals surface area contributed by atoms with Crippen molar-refractivity contribution in [2.24, 2.45) is 0 Å². The highest BCUT2D eigenvalue weighted by molar-refractivity contribution is 9.10. The molecule has 0 fully saturated rings. The van der Waals surface area contributed by atoms with Crippen LogP contribution in [-0.4, -0.2) is 15.0 Å². The number of aromatic nitrogens is 3. The van der Waals surface area contributed by atoms with Gasteiger partial charge in [0.1, 0.15) is 10.1 Å². The Morgan fingerprint density at radius 2 is 2.07 bits per heavy atom. The van der Waals surface area contributed by atoms with Gasteiger partial charge in [-0.15, -0.1) is 0 Å². The summed E-state index contributed by atoms with van der Waals surface area (Å²) in [6.45, 7) is 2.03. The predicted molar refractivity (Wildman–Crippen MR) is 62.8 cm³/mol. The number of aryl methyl sites for hydroxylation is 1. The van der Waals surface area contributed by atoms with Gasteiger partial charge in [-0.1, -0.05) is 0 Å². The normalized spacial score (nSPS) is 10.3. The van der Waals surface area contributed by atoms with E-state index in [9.17, 15) is 0 Å². The number of pyridine rings is 1.